The van der Waals surface area contributed by atoms with E-state index < -0.39 is 0 Å². The third kappa shape index (κ3) is 6.11. The van der Waals surface area contributed by atoms with E-state index in [0.29, 0.717) is 0 Å². The van der Waals surface area contributed by atoms with E-state index in [0.717, 1.165) is 29.6 Å². The molecule has 0 N–H and O–H groups in total. The van der Waals surface area contributed by atoms with E-state index in [4.69, 9.17) is 0 Å². The van der Waals surface area contributed by atoms with Crippen molar-refractivity contribution in [3.05, 3.63) is 59.2 Å². The topological polar surface area (TPSA) is 0 Å². The first-order chi connectivity index (χ1) is 19.2. The lowest BCUT2D eigenvalue weighted by molar-refractivity contribution is 0.241. The van der Waals surface area contributed by atoms with Gasteiger partial charge in [-0.15, -0.1) is 0 Å². The first kappa shape index (κ1) is 27.4. The van der Waals surface area contributed by atoms with Gasteiger partial charge in [0.25, 0.3) is 0 Å². The molecule has 0 saturated heterocycles. The van der Waals surface area contributed by atoms with Crippen LogP contribution in [-0.4, -0.2) is 0 Å². The highest BCUT2D eigenvalue weighted by Crippen LogP contribution is 2.45. The van der Waals surface area contributed by atoms with Crippen molar-refractivity contribution in [2.75, 3.05) is 0 Å². The summed E-state index contributed by atoms with van der Waals surface area (Å²) < 4.78 is 0. The normalized spacial score (nSPS) is 27.6. The standard InChI is InChI=1S/C39H54/c1-3-5-6-9-29-18-21-32(22-19-29)38-27-33-10-7-8-11-35(33)37-25-23-34-26-31(20-24-36(34)39(37)38)17-16-30-14-12-28(4-2)13-15-30/h7-8,10-11,23,25,27-32H,3-6,9,12-22,24,26H2,1-2H3. The van der Waals surface area contributed by atoms with Gasteiger partial charge in [0.15, 0.2) is 0 Å². The molecule has 0 aromatic heterocycles. The van der Waals surface area contributed by atoms with Crippen LogP contribution in [0.15, 0.2) is 42.5 Å². The fourth-order valence-electron chi connectivity index (χ4n) is 9.00. The van der Waals surface area contributed by atoms with Gasteiger partial charge in [0.2, 0.25) is 0 Å². The second-order valence-electron chi connectivity index (χ2n) is 14.0. The van der Waals surface area contributed by atoms with E-state index in [-0.39, 0.29) is 0 Å². The van der Waals surface area contributed by atoms with E-state index in [1.165, 1.54) is 132 Å². The molecule has 3 aromatic carbocycles. The Morgan fingerprint density at radius 3 is 2.15 bits per heavy atom. The molecule has 39 heavy (non-hydrogen) atoms. The van der Waals surface area contributed by atoms with Gasteiger partial charge in [0.1, 0.15) is 0 Å². The predicted octanol–water partition coefficient (Wildman–Crippen LogP) is 11.9. The number of aryl methyl sites for hydroxylation is 1. The molecular weight excluding hydrogens is 468 g/mol. The molecule has 2 fully saturated rings. The maximum absolute atomic E-state index is 2.62. The van der Waals surface area contributed by atoms with Gasteiger partial charge in [0.05, 0.1) is 0 Å². The third-order valence-electron chi connectivity index (χ3n) is 11.6. The quantitative estimate of drug-likeness (QED) is 0.194. The SMILES string of the molecule is CCCCCC1CCC(c2cc3ccccc3c3ccc4c(c23)CCC(CCC2CCC(CC)CC2)C4)CC1. The monoisotopic (exact) mass is 522 g/mol. The van der Waals surface area contributed by atoms with Gasteiger partial charge in [0, 0.05) is 0 Å². The molecule has 0 radical (unpaired) electrons. The van der Waals surface area contributed by atoms with Gasteiger partial charge >= 0.3 is 0 Å². The van der Waals surface area contributed by atoms with Gasteiger partial charge < -0.3 is 0 Å². The van der Waals surface area contributed by atoms with E-state index in [2.05, 4.69) is 56.3 Å². The minimum absolute atomic E-state index is 0.752. The Morgan fingerprint density at radius 1 is 0.641 bits per heavy atom. The summed E-state index contributed by atoms with van der Waals surface area (Å²) in [7, 11) is 0. The van der Waals surface area contributed by atoms with Crippen molar-refractivity contribution in [3.63, 3.8) is 0 Å². The number of benzene rings is 3. The van der Waals surface area contributed by atoms with E-state index in [9.17, 15) is 0 Å². The first-order valence-electron chi connectivity index (χ1n) is 17.2. The molecule has 6 rings (SSSR count). The van der Waals surface area contributed by atoms with Crippen LogP contribution in [0.5, 0.6) is 0 Å². The second-order valence-corrected chi connectivity index (χ2v) is 14.0. The van der Waals surface area contributed by atoms with E-state index >= 15 is 0 Å². The Bertz CT molecular complexity index is 1220. The molecule has 0 amide bonds. The molecule has 210 valence electrons. The third-order valence-corrected chi connectivity index (χ3v) is 11.6. The van der Waals surface area contributed by atoms with Crippen LogP contribution in [0.4, 0.5) is 0 Å². The lowest BCUT2D eigenvalue weighted by Crippen LogP contribution is -2.19. The van der Waals surface area contributed by atoms with Crippen LogP contribution >= 0.6 is 0 Å². The van der Waals surface area contributed by atoms with E-state index in [1.807, 2.05) is 0 Å². The summed E-state index contributed by atoms with van der Waals surface area (Å²) in [6, 6.07) is 16.9. The van der Waals surface area contributed by atoms with Crippen LogP contribution in [0, 0.1) is 23.7 Å². The van der Waals surface area contributed by atoms with Crippen molar-refractivity contribution >= 4 is 21.5 Å². The van der Waals surface area contributed by atoms with Crippen LogP contribution < -0.4 is 0 Å². The van der Waals surface area contributed by atoms with Crippen LogP contribution in [-0.2, 0) is 12.8 Å². The van der Waals surface area contributed by atoms with Gasteiger partial charge in [-0.3, -0.25) is 0 Å². The highest BCUT2D eigenvalue weighted by Gasteiger charge is 2.28. The Morgan fingerprint density at radius 2 is 1.36 bits per heavy atom. The molecule has 3 aliphatic rings. The molecule has 1 atom stereocenters. The summed E-state index contributed by atoms with van der Waals surface area (Å²) in [4.78, 5) is 0. The summed E-state index contributed by atoms with van der Waals surface area (Å²) in [6.45, 7) is 4.73. The maximum atomic E-state index is 2.62. The summed E-state index contributed by atoms with van der Waals surface area (Å²) in [5, 5.41) is 6.14. The zero-order valence-electron chi connectivity index (χ0n) is 25.2. The smallest absolute Gasteiger partial charge is 0.00996 e. The molecule has 2 saturated carbocycles. The second kappa shape index (κ2) is 12.8. The Balaban J connectivity index is 1.22. The van der Waals surface area contributed by atoms with Crippen molar-refractivity contribution in [1.82, 2.24) is 0 Å². The Hall–Kier alpha value is -1.82. The average molecular weight is 523 g/mol. The van der Waals surface area contributed by atoms with Crippen molar-refractivity contribution in [2.45, 2.75) is 135 Å². The summed E-state index contributed by atoms with van der Waals surface area (Å²) in [6.07, 6.45) is 25.8. The summed E-state index contributed by atoms with van der Waals surface area (Å²) >= 11 is 0. The van der Waals surface area contributed by atoms with Crippen LogP contribution in [0.25, 0.3) is 21.5 Å². The molecule has 0 heterocycles. The van der Waals surface area contributed by atoms with Gasteiger partial charge in [-0.1, -0.05) is 121 Å². The van der Waals surface area contributed by atoms with Crippen LogP contribution in [0.1, 0.15) is 139 Å². The Kier molecular flexibility index (Phi) is 8.97. The minimum Gasteiger partial charge on any atom is -0.0654 e. The molecule has 3 aliphatic carbocycles. The Labute approximate surface area is 239 Å². The van der Waals surface area contributed by atoms with Crippen molar-refractivity contribution in [2.24, 2.45) is 23.7 Å². The van der Waals surface area contributed by atoms with Gasteiger partial charge in [-0.2, -0.15) is 0 Å². The number of fused-ring (bicyclic) bond motifs is 5. The molecule has 0 heteroatoms. The zero-order valence-corrected chi connectivity index (χ0v) is 25.2. The lowest BCUT2D eigenvalue weighted by atomic mass is 9.72. The highest BCUT2D eigenvalue weighted by molar-refractivity contribution is 6.10. The minimum atomic E-state index is 0.752. The molecular formula is C39H54. The fourth-order valence-corrected chi connectivity index (χ4v) is 9.00. The van der Waals surface area contributed by atoms with Gasteiger partial charge in [-0.25, -0.2) is 0 Å². The summed E-state index contributed by atoms with van der Waals surface area (Å²) in [5.41, 5.74) is 5.13. The van der Waals surface area contributed by atoms with Crippen LogP contribution in [0.3, 0.4) is 0 Å². The maximum Gasteiger partial charge on any atom is -0.00996 e. The van der Waals surface area contributed by atoms with Crippen LogP contribution in [0.2, 0.25) is 0 Å². The molecule has 0 nitrogen and oxygen atoms in total. The molecule has 0 aliphatic heterocycles. The molecule has 3 aromatic rings. The molecule has 1 unspecified atom stereocenters. The fraction of sp³-hybridized carbons (Fsp3) is 0.641. The van der Waals surface area contributed by atoms with Crippen molar-refractivity contribution in [1.29, 1.82) is 0 Å². The van der Waals surface area contributed by atoms with Crippen molar-refractivity contribution < 1.29 is 0 Å². The van der Waals surface area contributed by atoms with Gasteiger partial charge in [-0.05, 0) is 119 Å². The predicted molar refractivity (Wildman–Crippen MR) is 171 cm³/mol. The number of rotatable bonds is 9. The lowest BCUT2D eigenvalue weighted by Gasteiger charge is -2.33. The highest BCUT2D eigenvalue weighted by atomic mass is 14.3. The van der Waals surface area contributed by atoms with Crippen molar-refractivity contribution in [3.8, 4) is 0 Å². The average Bonchev–Trinajstić information content (AvgIpc) is 3.00. The number of unbranched alkanes of at least 4 members (excludes halogenated alkanes) is 2. The first-order valence-corrected chi connectivity index (χ1v) is 17.2. The number of hydrogen-bond donors (Lipinski definition) is 0. The summed E-state index contributed by atoms with van der Waals surface area (Å²) in [5.74, 6) is 4.67. The van der Waals surface area contributed by atoms with E-state index in [1.54, 1.807) is 22.1 Å². The molecule has 0 bridgehead atoms. The number of hydrogen-bond acceptors (Lipinski definition) is 0. The largest absolute Gasteiger partial charge is 0.0654 e. The zero-order chi connectivity index (χ0) is 26.6. The molecule has 0 spiro atoms.